The first-order valence-corrected chi connectivity index (χ1v) is 9.08. The Balaban J connectivity index is 2.06. The molecule has 3 N–H and O–H groups in total. The molecule has 1 aromatic heterocycles. The first-order valence-electron chi connectivity index (χ1n) is 5.99. The van der Waals surface area contributed by atoms with Crippen molar-refractivity contribution in [3.05, 3.63) is 44.6 Å². The molecule has 0 saturated heterocycles. The highest BCUT2D eigenvalue weighted by Crippen LogP contribution is 2.23. The van der Waals surface area contributed by atoms with Crippen LogP contribution in [-0.2, 0) is 16.4 Å². The van der Waals surface area contributed by atoms with E-state index in [0.29, 0.717) is 24.2 Å². The van der Waals surface area contributed by atoms with Crippen LogP contribution in [0.25, 0.3) is 0 Å². The molecule has 7 heteroatoms. The molecule has 108 valence electrons. The van der Waals surface area contributed by atoms with Crippen LogP contribution >= 0.6 is 27.3 Å². The second-order valence-electron chi connectivity index (χ2n) is 4.32. The number of nitrogens with one attached hydrogen (secondary N) is 1. The van der Waals surface area contributed by atoms with Gasteiger partial charge in [-0.05, 0) is 59.1 Å². The number of thiophene rings is 1. The maximum atomic E-state index is 12.2. The molecule has 0 aliphatic carbocycles. The quantitative estimate of drug-likeness (QED) is 0.790. The standard InChI is InChI=1S/C13H15BrN2O2S2/c1-9-11(15)3-2-4-12(9)20(17,18)16-8-7-10-5-6-13(14)19-10/h2-6,16H,7-8,15H2,1H3. The van der Waals surface area contributed by atoms with Gasteiger partial charge in [0.25, 0.3) is 0 Å². The van der Waals surface area contributed by atoms with Gasteiger partial charge in [0.1, 0.15) is 0 Å². The summed E-state index contributed by atoms with van der Waals surface area (Å²) in [4.78, 5) is 1.37. The van der Waals surface area contributed by atoms with E-state index in [9.17, 15) is 8.42 Å². The number of anilines is 1. The summed E-state index contributed by atoms with van der Waals surface area (Å²) in [6.45, 7) is 2.07. The second-order valence-corrected chi connectivity index (χ2v) is 8.61. The average Bonchev–Trinajstić information content (AvgIpc) is 2.78. The Hall–Kier alpha value is -0.890. The lowest BCUT2D eigenvalue weighted by Crippen LogP contribution is -2.26. The summed E-state index contributed by atoms with van der Waals surface area (Å²) in [5.74, 6) is 0. The van der Waals surface area contributed by atoms with Crippen LogP contribution in [0.3, 0.4) is 0 Å². The number of nitrogens with two attached hydrogens (primary N) is 1. The van der Waals surface area contributed by atoms with Gasteiger partial charge in [-0.3, -0.25) is 0 Å². The number of benzene rings is 1. The maximum Gasteiger partial charge on any atom is 0.240 e. The van der Waals surface area contributed by atoms with Crippen LogP contribution in [0.5, 0.6) is 0 Å². The van der Waals surface area contributed by atoms with Gasteiger partial charge in [0.15, 0.2) is 0 Å². The van der Waals surface area contributed by atoms with Crippen molar-refractivity contribution in [3.8, 4) is 0 Å². The van der Waals surface area contributed by atoms with E-state index in [1.54, 1.807) is 36.5 Å². The molecule has 0 amide bonds. The number of nitrogen functional groups attached to an aromatic ring is 1. The molecule has 0 radical (unpaired) electrons. The fourth-order valence-corrected chi connectivity index (χ4v) is 4.58. The molecule has 2 rings (SSSR count). The van der Waals surface area contributed by atoms with Gasteiger partial charge in [-0.15, -0.1) is 11.3 Å². The van der Waals surface area contributed by atoms with Crippen LogP contribution in [0.1, 0.15) is 10.4 Å². The maximum absolute atomic E-state index is 12.2. The number of halogens is 1. The van der Waals surface area contributed by atoms with Gasteiger partial charge in [-0.2, -0.15) is 0 Å². The Bertz CT molecular complexity index is 711. The monoisotopic (exact) mass is 374 g/mol. The predicted molar refractivity (Wildman–Crippen MR) is 86.5 cm³/mol. The normalized spacial score (nSPS) is 11.7. The van der Waals surface area contributed by atoms with Crippen molar-refractivity contribution in [2.75, 3.05) is 12.3 Å². The highest BCUT2D eigenvalue weighted by Gasteiger charge is 2.17. The molecule has 0 saturated carbocycles. The van der Waals surface area contributed by atoms with Crippen molar-refractivity contribution in [1.29, 1.82) is 0 Å². The molecule has 0 aliphatic rings. The SMILES string of the molecule is Cc1c(N)cccc1S(=O)(=O)NCCc1ccc(Br)s1. The topological polar surface area (TPSA) is 72.2 Å². The molecule has 2 aromatic rings. The molecular weight excluding hydrogens is 360 g/mol. The highest BCUT2D eigenvalue weighted by molar-refractivity contribution is 9.11. The Morgan fingerprint density at radius 3 is 2.70 bits per heavy atom. The van der Waals surface area contributed by atoms with E-state index in [4.69, 9.17) is 5.73 Å². The van der Waals surface area contributed by atoms with Gasteiger partial charge in [-0.25, -0.2) is 13.1 Å². The third-order valence-corrected chi connectivity index (χ3v) is 6.20. The van der Waals surface area contributed by atoms with Gasteiger partial charge >= 0.3 is 0 Å². The van der Waals surface area contributed by atoms with E-state index in [2.05, 4.69) is 20.7 Å². The molecule has 0 spiro atoms. The van der Waals surface area contributed by atoms with Gasteiger partial charge in [0.05, 0.1) is 8.68 Å². The van der Waals surface area contributed by atoms with E-state index < -0.39 is 10.0 Å². The van der Waals surface area contributed by atoms with Crippen molar-refractivity contribution < 1.29 is 8.42 Å². The van der Waals surface area contributed by atoms with E-state index in [1.807, 2.05) is 12.1 Å². The molecule has 1 heterocycles. The molecule has 4 nitrogen and oxygen atoms in total. The van der Waals surface area contributed by atoms with Crippen LogP contribution < -0.4 is 10.5 Å². The van der Waals surface area contributed by atoms with E-state index in [0.717, 1.165) is 8.66 Å². The third-order valence-electron chi connectivity index (χ3n) is 2.91. The van der Waals surface area contributed by atoms with Crippen molar-refractivity contribution in [2.45, 2.75) is 18.2 Å². The molecule has 0 aliphatic heterocycles. The average molecular weight is 375 g/mol. The Kier molecular flexibility index (Phi) is 4.85. The summed E-state index contributed by atoms with van der Waals surface area (Å²) in [5.41, 5.74) is 6.81. The largest absolute Gasteiger partial charge is 0.398 e. The Morgan fingerprint density at radius 1 is 1.30 bits per heavy atom. The molecule has 1 aromatic carbocycles. The summed E-state index contributed by atoms with van der Waals surface area (Å²) < 4.78 is 28.1. The van der Waals surface area contributed by atoms with Crippen LogP contribution in [0, 0.1) is 6.92 Å². The van der Waals surface area contributed by atoms with Crippen molar-refractivity contribution in [1.82, 2.24) is 4.72 Å². The van der Waals surface area contributed by atoms with E-state index >= 15 is 0 Å². The van der Waals surface area contributed by atoms with Crippen LogP contribution in [-0.4, -0.2) is 15.0 Å². The smallest absolute Gasteiger partial charge is 0.240 e. The zero-order valence-corrected chi connectivity index (χ0v) is 14.1. The zero-order valence-electron chi connectivity index (χ0n) is 10.9. The molecule has 0 unspecified atom stereocenters. The lowest BCUT2D eigenvalue weighted by molar-refractivity contribution is 0.581. The Labute approximate surface area is 131 Å². The number of hydrogen-bond acceptors (Lipinski definition) is 4. The van der Waals surface area contributed by atoms with E-state index in [1.165, 1.54) is 0 Å². The van der Waals surface area contributed by atoms with Crippen molar-refractivity contribution in [3.63, 3.8) is 0 Å². The number of hydrogen-bond donors (Lipinski definition) is 2. The minimum Gasteiger partial charge on any atom is -0.398 e. The lowest BCUT2D eigenvalue weighted by atomic mass is 10.2. The molecule has 0 atom stereocenters. The van der Waals surface area contributed by atoms with E-state index in [-0.39, 0.29) is 4.90 Å². The molecule has 0 fully saturated rings. The number of sulfonamides is 1. The van der Waals surface area contributed by atoms with Crippen molar-refractivity contribution in [2.24, 2.45) is 0 Å². The second kappa shape index (κ2) is 6.26. The minimum absolute atomic E-state index is 0.241. The third kappa shape index (κ3) is 3.60. The Morgan fingerprint density at radius 2 is 2.05 bits per heavy atom. The number of rotatable bonds is 5. The van der Waals surface area contributed by atoms with Crippen LogP contribution in [0.15, 0.2) is 39.0 Å². The lowest BCUT2D eigenvalue weighted by Gasteiger charge is -2.10. The van der Waals surface area contributed by atoms with Gasteiger partial charge in [-0.1, -0.05) is 6.07 Å². The predicted octanol–water partition coefficient (Wildman–Crippen LogP) is 2.92. The summed E-state index contributed by atoms with van der Waals surface area (Å²) in [7, 11) is -3.51. The van der Waals surface area contributed by atoms with Gasteiger partial charge in [0, 0.05) is 17.1 Å². The summed E-state index contributed by atoms with van der Waals surface area (Å²) >= 11 is 4.99. The first-order chi connectivity index (χ1) is 9.40. The molecule has 0 bridgehead atoms. The minimum atomic E-state index is -3.51. The summed E-state index contributed by atoms with van der Waals surface area (Å²) in [5, 5.41) is 0. The molecule has 20 heavy (non-hydrogen) atoms. The summed E-state index contributed by atoms with van der Waals surface area (Å²) in [6.07, 6.45) is 0.664. The highest BCUT2D eigenvalue weighted by atomic mass is 79.9. The zero-order chi connectivity index (χ0) is 14.8. The van der Waals surface area contributed by atoms with Gasteiger partial charge in [0.2, 0.25) is 10.0 Å². The van der Waals surface area contributed by atoms with Crippen LogP contribution in [0.2, 0.25) is 0 Å². The fraction of sp³-hybridized carbons (Fsp3) is 0.231. The van der Waals surface area contributed by atoms with Gasteiger partial charge < -0.3 is 5.73 Å². The first kappa shape index (κ1) is 15.5. The summed E-state index contributed by atoms with van der Waals surface area (Å²) in [6, 6.07) is 8.84. The fourth-order valence-electron chi connectivity index (χ4n) is 1.80. The van der Waals surface area contributed by atoms with Crippen LogP contribution in [0.4, 0.5) is 5.69 Å². The van der Waals surface area contributed by atoms with Crippen molar-refractivity contribution >= 4 is 43.0 Å². The molecular formula is C13H15BrN2O2S2.